The van der Waals surface area contributed by atoms with E-state index < -0.39 is 0 Å². The maximum Gasteiger partial charge on any atom is 0.129 e. The Hall–Kier alpha value is -0.480. The molecule has 0 amide bonds. The van der Waals surface area contributed by atoms with Gasteiger partial charge in [-0.25, -0.2) is 4.98 Å². The molecule has 1 heterocycles. The van der Waals surface area contributed by atoms with Crippen LogP contribution in [-0.2, 0) is 6.42 Å². The van der Waals surface area contributed by atoms with Crippen LogP contribution in [0.1, 0.15) is 18.9 Å². The van der Waals surface area contributed by atoms with Crippen LogP contribution in [0.3, 0.4) is 0 Å². The second kappa shape index (κ2) is 4.41. The third-order valence-electron chi connectivity index (χ3n) is 1.44. The minimum absolute atomic E-state index is 0.507. The van der Waals surface area contributed by atoms with Crippen molar-refractivity contribution in [3.63, 3.8) is 0 Å². The van der Waals surface area contributed by atoms with Gasteiger partial charge in [0.25, 0.3) is 0 Å². The van der Waals surface area contributed by atoms with E-state index in [4.69, 9.17) is 0 Å². The smallest absolute Gasteiger partial charge is 0.129 e. The first-order valence-electron chi connectivity index (χ1n) is 3.82. The quantitative estimate of drug-likeness (QED) is 0.736. The molecule has 1 atom stereocenters. The van der Waals surface area contributed by atoms with E-state index in [9.17, 15) is 0 Å². The molecule has 62 valence electrons. The lowest BCUT2D eigenvalue weighted by molar-refractivity contribution is 0.564. The highest BCUT2D eigenvalue weighted by Gasteiger charge is 2.03. The molecular weight excluding hydrogens is 158 g/mol. The van der Waals surface area contributed by atoms with Gasteiger partial charge in [-0.15, -0.1) is 0 Å². The summed E-state index contributed by atoms with van der Waals surface area (Å²) in [7, 11) is 0. The van der Waals surface area contributed by atoms with Crippen molar-refractivity contribution in [2.45, 2.75) is 26.3 Å². The molecule has 0 saturated heterocycles. The summed E-state index contributed by atoms with van der Waals surface area (Å²) in [4.78, 5) is 4.11. The molecule has 0 aliphatic heterocycles. The highest BCUT2D eigenvalue weighted by molar-refractivity contribution is 7.05. The molecule has 0 spiro atoms. The minimum atomic E-state index is 0.507. The Balaban J connectivity index is 2.31. The second-order valence-electron chi connectivity index (χ2n) is 2.50. The summed E-state index contributed by atoms with van der Waals surface area (Å²) in [5.41, 5.74) is 0. The molecule has 1 aromatic rings. The van der Waals surface area contributed by atoms with Crippen LogP contribution < -0.4 is 5.32 Å². The molecule has 1 aromatic heterocycles. The fraction of sp³-hybridized carbons (Fsp3) is 0.714. The van der Waals surface area contributed by atoms with Crippen LogP contribution >= 0.6 is 11.5 Å². The number of hydrogen-bond donors (Lipinski definition) is 1. The normalized spacial score (nSPS) is 13.3. The standard InChI is InChI=1S/C7H13N3S/c1-3-8-6(2)4-7-9-5-10-11-7/h5-6,8H,3-4H2,1-2H3. The predicted octanol–water partition coefficient (Wildman–Crippen LogP) is 1.08. The molecule has 0 bridgehead atoms. The molecule has 4 heteroatoms. The van der Waals surface area contributed by atoms with Gasteiger partial charge in [-0.1, -0.05) is 6.92 Å². The van der Waals surface area contributed by atoms with Crippen molar-refractivity contribution >= 4 is 11.5 Å². The molecule has 0 fully saturated rings. The summed E-state index contributed by atoms with van der Waals surface area (Å²) < 4.78 is 3.94. The summed E-state index contributed by atoms with van der Waals surface area (Å²) in [6.07, 6.45) is 2.59. The Morgan fingerprint density at radius 1 is 1.73 bits per heavy atom. The SMILES string of the molecule is CCNC(C)Cc1ncns1. The van der Waals surface area contributed by atoms with E-state index in [1.807, 2.05) is 0 Å². The second-order valence-corrected chi connectivity index (χ2v) is 3.36. The van der Waals surface area contributed by atoms with E-state index in [0.29, 0.717) is 6.04 Å². The van der Waals surface area contributed by atoms with Crippen LogP contribution in [0.15, 0.2) is 6.33 Å². The zero-order valence-corrected chi connectivity index (χ0v) is 7.69. The molecular formula is C7H13N3S. The summed E-state index contributed by atoms with van der Waals surface area (Å²) in [6, 6.07) is 0.507. The number of hydrogen-bond acceptors (Lipinski definition) is 4. The van der Waals surface area contributed by atoms with E-state index in [1.165, 1.54) is 11.5 Å². The fourth-order valence-corrected chi connectivity index (χ4v) is 1.60. The zero-order valence-electron chi connectivity index (χ0n) is 6.87. The minimum Gasteiger partial charge on any atom is -0.314 e. The average molecular weight is 171 g/mol. The Labute approximate surface area is 71.0 Å². The van der Waals surface area contributed by atoms with Gasteiger partial charge in [-0.3, -0.25) is 0 Å². The maximum atomic E-state index is 4.11. The molecule has 0 radical (unpaired) electrons. The maximum absolute atomic E-state index is 4.11. The highest BCUT2D eigenvalue weighted by Crippen LogP contribution is 2.02. The zero-order chi connectivity index (χ0) is 8.10. The van der Waals surface area contributed by atoms with Gasteiger partial charge in [0.05, 0.1) is 0 Å². The molecule has 0 aliphatic rings. The van der Waals surface area contributed by atoms with Crippen molar-refractivity contribution < 1.29 is 0 Å². The predicted molar refractivity (Wildman–Crippen MR) is 46.8 cm³/mol. The van der Waals surface area contributed by atoms with Crippen molar-refractivity contribution in [2.75, 3.05) is 6.54 Å². The van der Waals surface area contributed by atoms with Crippen LogP contribution in [0.4, 0.5) is 0 Å². The Bertz CT molecular complexity index is 186. The lowest BCUT2D eigenvalue weighted by Crippen LogP contribution is -2.27. The first-order chi connectivity index (χ1) is 5.33. The Morgan fingerprint density at radius 3 is 3.09 bits per heavy atom. The number of aromatic nitrogens is 2. The van der Waals surface area contributed by atoms with Crippen LogP contribution in [0.25, 0.3) is 0 Å². The van der Waals surface area contributed by atoms with Crippen molar-refractivity contribution in [3.05, 3.63) is 11.3 Å². The van der Waals surface area contributed by atoms with Gasteiger partial charge in [-0.05, 0) is 25.0 Å². The van der Waals surface area contributed by atoms with Crippen molar-refractivity contribution in [2.24, 2.45) is 0 Å². The van der Waals surface area contributed by atoms with E-state index in [0.717, 1.165) is 18.0 Å². The van der Waals surface area contributed by atoms with Crippen molar-refractivity contribution in [1.82, 2.24) is 14.7 Å². The van der Waals surface area contributed by atoms with Crippen LogP contribution in [0.5, 0.6) is 0 Å². The Morgan fingerprint density at radius 2 is 2.55 bits per heavy atom. The van der Waals surface area contributed by atoms with Crippen LogP contribution in [-0.4, -0.2) is 21.9 Å². The lowest BCUT2D eigenvalue weighted by atomic mass is 10.2. The van der Waals surface area contributed by atoms with Gasteiger partial charge in [0.2, 0.25) is 0 Å². The molecule has 0 aliphatic carbocycles. The number of nitrogens with zero attached hydrogens (tertiary/aromatic N) is 2. The molecule has 3 nitrogen and oxygen atoms in total. The van der Waals surface area contributed by atoms with Gasteiger partial charge >= 0.3 is 0 Å². The highest BCUT2D eigenvalue weighted by atomic mass is 32.1. The van der Waals surface area contributed by atoms with E-state index in [2.05, 4.69) is 28.5 Å². The van der Waals surface area contributed by atoms with Crippen molar-refractivity contribution in [3.8, 4) is 0 Å². The van der Waals surface area contributed by atoms with Crippen LogP contribution in [0, 0.1) is 0 Å². The lowest BCUT2D eigenvalue weighted by Gasteiger charge is -2.08. The monoisotopic (exact) mass is 171 g/mol. The van der Waals surface area contributed by atoms with Crippen LogP contribution in [0.2, 0.25) is 0 Å². The number of nitrogens with one attached hydrogen (secondary N) is 1. The third-order valence-corrected chi connectivity index (χ3v) is 2.12. The average Bonchev–Trinajstić information content (AvgIpc) is 2.40. The summed E-state index contributed by atoms with van der Waals surface area (Å²) in [5.74, 6) is 0. The molecule has 0 aromatic carbocycles. The number of rotatable bonds is 4. The fourth-order valence-electron chi connectivity index (χ4n) is 0.968. The van der Waals surface area contributed by atoms with Gasteiger partial charge in [0, 0.05) is 12.5 Å². The first-order valence-corrected chi connectivity index (χ1v) is 4.59. The largest absolute Gasteiger partial charge is 0.314 e. The van der Waals surface area contributed by atoms with E-state index >= 15 is 0 Å². The van der Waals surface area contributed by atoms with E-state index in [-0.39, 0.29) is 0 Å². The summed E-state index contributed by atoms with van der Waals surface area (Å²) in [5, 5.41) is 4.43. The van der Waals surface area contributed by atoms with E-state index in [1.54, 1.807) is 6.33 Å². The number of likely N-dealkylation sites (N-methyl/N-ethyl adjacent to an activating group) is 1. The third kappa shape index (κ3) is 2.95. The summed E-state index contributed by atoms with van der Waals surface area (Å²) >= 11 is 1.48. The van der Waals surface area contributed by atoms with Gasteiger partial charge < -0.3 is 5.32 Å². The molecule has 1 N–H and O–H groups in total. The van der Waals surface area contributed by atoms with Gasteiger partial charge in [-0.2, -0.15) is 4.37 Å². The molecule has 0 saturated carbocycles. The summed E-state index contributed by atoms with van der Waals surface area (Å²) in [6.45, 7) is 5.28. The van der Waals surface area contributed by atoms with Gasteiger partial charge in [0.15, 0.2) is 0 Å². The molecule has 1 rings (SSSR count). The van der Waals surface area contributed by atoms with Gasteiger partial charge in [0.1, 0.15) is 11.3 Å². The Kier molecular flexibility index (Phi) is 3.45. The molecule has 11 heavy (non-hydrogen) atoms. The topological polar surface area (TPSA) is 37.8 Å². The first kappa shape index (κ1) is 8.62. The molecule has 1 unspecified atom stereocenters. The van der Waals surface area contributed by atoms with Crippen molar-refractivity contribution in [1.29, 1.82) is 0 Å².